The van der Waals surface area contributed by atoms with Crippen molar-refractivity contribution in [2.24, 2.45) is 5.92 Å². The summed E-state index contributed by atoms with van der Waals surface area (Å²) in [6, 6.07) is 11.0. The van der Waals surface area contributed by atoms with Crippen LogP contribution in [0.25, 0.3) is 0 Å². The first-order valence-corrected chi connectivity index (χ1v) is 12.3. The van der Waals surface area contributed by atoms with Gasteiger partial charge >= 0.3 is 13.2 Å². The molecule has 0 bridgehead atoms. The molecule has 3 N–H and O–H groups in total. The summed E-state index contributed by atoms with van der Waals surface area (Å²) < 4.78 is 32.6. The van der Waals surface area contributed by atoms with Gasteiger partial charge in [0.15, 0.2) is 0 Å². The first-order valence-electron chi connectivity index (χ1n) is 12.3. The Morgan fingerprint density at radius 2 is 2.03 bits per heavy atom. The zero-order chi connectivity index (χ0) is 27.2. The third-order valence-corrected chi connectivity index (χ3v) is 6.82. The van der Waals surface area contributed by atoms with Crippen LogP contribution >= 0.6 is 0 Å². The molecule has 0 aromatic heterocycles. The van der Waals surface area contributed by atoms with Crippen molar-refractivity contribution in [3.05, 3.63) is 47.5 Å². The van der Waals surface area contributed by atoms with E-state index in [2.05, 4.69) is 5.32 Å². The zero-order valence-electron chi connectivity index (χ0n) is 21.1. The zero-order valence-corrected chi connectivity index (χ0v) is 21.1. The second kappa shape index (κ2) is 12.0. The van der Waals surface area contributed by atoms with Gasteiger partial charge in [0.1, 0.15) is 11.6 Å². The summed E-state index contributed by atoms with van der Waals surface area (Å²) in [5.41, 5.74) is -0.191. The van der Waals surface area contributed by atoms with E-state index in [-0.39, 0.29) is 44.0 Å². The average molecular weight is 518 g/mol. The predicted octanol–water partition coefficient (Wildman–Crippen LogP) is 1.75. The Kier molecular flexibility index (Phi) is 9.28. The molecule has 2 heterocycles. The Balaban J connectivity index is 1.50. The van der Waals surface area contributed by atoms with E-state index in [0.717, 1.165) is 5.56 Å². The molecule has 0 spiro atoms. The highest BCUT2D eigenvalue weighted by atomic mass is 19.3. The van der Waals surface area contributed by atoms with Gasteiger partial charge in [0.05, 0.1) is 19.1 Å². The van der Waals surface area contributed by atoms with Crippen LogP contribution in [0.15, 0.2) is 42.0 Å². The lowest BCUT2D eigenvalue weighted by Crippen LogP contribution is -2.48. The van der Waals surface area contributed by atoms with Crippen molar-refractivity contribution < 1.29 is 33.2 Å². The highest BCUT2D eigenvalue weighted by Crippen LogP contribution is 2.33. The van der Waals surface area contributed by atoms with Crippen LogP contribution in [0.5, 0.6) is 0 Å². The Labute approximate surface area is 215 Å². The lowest BCUT2D eigenvalue weighted by atomic mass is 9.76. The van der Waals surface area contributed by atoms with E-state index in [1.54, 1.807) is 43.0 Å². The van der Waals surface area contributed by atoms with Crippen molar-refractivity contribution in [1.29, 1.82) is 5.26 Å². The third-order valence-electron chi connectivity index (χ3n) is 6.82. The third kappa shape index (κ3) is 7.99. The number of likely N-dealkylation sites (tertiary alicyclic amines) is 2. The molecule has 0 unspecified atom stereocenters. The van der Waals surface area contributed by atoms with E-state index in [1.165, 1.54) is 11.0 Å². The number of hydrogen-bond donors (Lipinski definition) is 3. The molecule has 12 heteroatoms. The largest absolute Gasteiger partial charge is 0.475 e. The van der Waals surface area contributed by atoms with Crippen molar-refractivity contribution in [3.8, 4) is 6.07 Å². The number of rotatable bonds is 9. The SMILES string of the molecule is CC(C)(/C=C(\C#N)C(=O)N1CC[C@H](COC(=O)N[C@@H](Cc2ccccc2)B(O)O)C1)N1CCC(F)(F)C1. The molecule has 0 aliphatic carbocycles. The standard InChI is InChI=1S/C25H33BF2N4O5/c1-24(2,32-11-9-25(27,28)17-32)13-20(14-29)22(33)31-10-8-19(15-31)16-37-23(34)30-21(26(35)36)12-18-6-4-3-5-7-18/h3-7,13,19,21,35-36H,8-12,15-17H2,1-2H3,(H,30,34)/b20-13+/t19-,21-/m0/s1. The minimum atomic E-state index is -2.78. The van der Waals surface area contributed by atoms with Crippen LogP contribution in [0.3, 0.4) is 0 Å². The van der Waals surface area contributed by atoms with Crippen LogP contribution in [-0.4, -0.2) is 89.2 Å². The summed E-state index contributed by atoms with van der Waals surface area (Å²) in [7, 11) is -1.78. The normalized spacial score (nSPS) is 20.8. The van der Waals surface area contributed by atoms with Crippen LogP contribution < -0.4 is 5.32 Å². The number of nitrogens with one attached hydrogen (secondary N) is 1. The van der Waals surface area contributed by atoms with E-state index in [9.17, 15) is 33.7 Å². The summed E-state index contributed by atoms with van der Waals surface area (Å²) >= 11 is 0. The number of amides is 2. The minimum absolute atomic E-state index is 0.00908. The van der Waals surface area contributed by atoms with Gasteiger partial charge in [-0.05, 0) is 38.3 Å². The molecule has 2 aliphatic heterocycles. The van der Waals surface area contributed by atoms with Crippen LogP contribution in [-0.2, 0) is 16.0 Å². The number of carbonyl (C=O) groups excluding carboxylic acids is 2. The second-order valence-corrected chi connectivity index (χ2v) is 10.2. The highest BCUT2D eigenvalue weighted by Gasteiger charge is 2.43. The number of alkyl halides is 2. The smallest absolute Gasteiger partial charge is 0.449 e. The molecular weight excluding hydrogens is 485 g/mol. The van der Waals surface area contributed by atoms with Gasteiger partial charge in [-0.15, -0.1) is 0 Å². The molecule has 2 aliphatic rings. The van der Waals surface area contributed by atoms with Gasteiger partial charge in [-0.25, -0.2) is 13.6 Å². The van der Waals surface area contributed by atoms with Crippen molar-refractivity contribution in [1.82, 2.24) is 15.1 Å². The molecule has 9 nitrogen and oxygen atoms in total. The number of alkyl carbamates (subject to hydrolysis) is 1. The molecule has 0 saturated carbocycles. The molecule has 200 valence electrons. The first kappa shape index (κ1) is 28.6. The maximum Gasteiger partial charge on any atom is 0.475 e. The van der Waals surface area contributed by atoms with E-state index in [0.29, 0.717) is 13.0 Å². The quantitative estimate of drug-likeness (QED) is 0.258. The molecule has 2 atom stereocenters. The Morgan fingerprint density at radius 1 is 1.32 bits per heavy atom. The van der Waals surface area contributed by atoms with Gasteiger partial charge in [0.2, 0.25) is 0 Å². The minimum Gasteiger partial charge on any atom is -0.449 e. The van der Waals surface area contributed by atoms with E-state index >= 15 is 0 Å². The molecule has 1 aromatic rings. The molecule has 2 saturated heterocycles. The van der Waals surface area contributed by atoms with Gasteiger partial charge in [0.25, 0.3) is 11.8 Å². The van der Waals surface area contributed by atoms with Crippen molar-refractivity contribution in [2.75, 3.05) is 32.8 Å². The predicted molar refractivity (Wildman–Crippen MR) is 132 cm³/mol. The molecule has 2 fully saturated rings. The summed E-state index contributed by atoms with van der Waals surface area (Å²) in [6.07, 6.45) is 1.14. The molecular formula is C25H33BF2N4O5. The van der Waals surface area contributed by atoms with Crippen LogP contribution in [0.4, 0.5) is 13.6 Å². The van der Waals surface area contributed by atoms with E-state index in [4.69, 9.17) is 4.74 Å². The van der Waals surface area contributed by atoms with E-state index < -0.39 is 43.1 Å². The lowest BCUT2D eigenvalue weighted by Gasteiger charge is -2.33. The number of ether oxygens (including phenoxy) is 1. The van der Waals surface area contributed by atoms with Gasteiger partial charge in [-0.1, -0.05) is 30.3 Å². The lowest BCUT2D eigenvalue weighted by molar-refractivity contribution is -0.125. The second-order valence-electron chi connectivity index (χ2n) is 10.2. The maximum absolute atomic E-state index is 13.7. The van der Waals surface area contributed by atoms with Gasteiger partial charge < -0.3 is 25.0 Å². The Bertz CT molecular complexity index is 1030. The summed E-state index contributed by atoms with van der Waals surface area (Å²) in [6.45, 7) is 3.79. The summed E-state index contributed by atoms with van der Waals surface area (Å²) in [5, 5.41) is 31.3. The number of hydrogen-bond acceptors (Lipinski definition) is 7. The number of halogens is 2. The van der Waals surface area contributed by atoms with Crippen molar-refractivity contribution in [3.63, 3.8) is 0 Å². The van der Waals surface area contributed by atoms with Crippen LogP contribution in [0, 0.1) is 17.2 Å². The van der Waals surface area contributed by atoms with Crippen molar-refractivity contribution >= 4 is 19.1 Å². The number of benzene rings is 1. The first-order chi connectivity index (χ1) is 17.4. The number of carbonyl (C=O) groups is 2. The molecule has 37 heavy (non-hydrogen) atoms. The summed E-state index contributed by atoms with van der Waals surface area (Å²) in [4.78, 5) is 28.3. The fraction of sp³-hybridized carbons (Fsp3) is 0.560. The fourth-order valence-electron chi connectivity index (χ4n) is 4.62. The Morgan fingerprint density at radius 3 is 2.62 bits per heavy atom. The topological polar surface area (TPSA) is 126 Å². The number of nitrogens with zero attached hydrogens (tertiary/aromatic N) is 3. The molecule has 2 amide bonds. The maximum atomic E-state index is 13.7. The molecule has 0 radical (unpaired) electrons. The number of nitriles is 1. The van der Waals surface area contributed by atoms with Crippen LogP contribution in [0.1, 0.15) is 32.3 Å². The van der Waals surface area contributed by atoms with Gasteiger partial charge in [0, 0.05) is 37.5 Å². The summed E-state index contributed by atoms with van der Waals surface area (Å²) in [5.74, 6) is -4.39. The van der Waals surface area contributed by atoms with Crippen LogP contribution in [0.2, 0.25) is 0 Å². The highest BCUT2D eigenvalue weighted by molar-refractivity contribution is 6.43. The average Bonchev–Trinajstić information content (AvgIpc) is 3.47. The molecule has 3 rings (SSSR count). The fourth-order valence-corrected chi connectivity index (χ4v) is 4.62. The van der Waals surface area contributed by atoms with Gasteiger partial charge in [-0.3, -0.25) is 9.69 Å². The monoisotopic (exact) mass is 518 g/mol. The van der Waals surface area contributed by atoms with Gasteiger partial charge in [-0.2, -0.15) is 5.26 Å². The Hall–Kier alpha value is -3.01. The van der Waals surface area contributed by atoms with Crippen molar-refractivity contribution in [2.45, 2.75) is 50.5 Å². The van der Waals surface area contributed by atoms with E-state index in [1.807, 2.05) is 12.1 Å². The molecule has 1 aromatic carbocycles.